The minimum Gasteiger partial charge on any atom is -0.481 e. The van der Waals surface area contributed by atoms with E-state index in [4.69, 9.17) is 5.11 Å². The SMILES string of the molecule is O=C1SCCC1=CC1(C(=O)O)CC1. The average molecular weight is 198 g/mol. The molecule has 1 aliphatic heterocycles. The van der Waals surface area contributed by atoms with Crippen LogP contribution in [0.5, 0.6) is 0 Å². The van der Waals surface area contributed by atoms with Gasteiger partial charge in [-0.3, -0.25) is 9.59 Å². The van der Waals surface area contributed by atoms with E-state index in [-0.39, 0.29) is 5.12 Å². The predicted octanol–water partition coefficient (Wildman–Crippen LogP) is 1.44. The van der Waals surface area contributed by atoms with Gasteiger partial charge >= 0.3 is 5.97 Å². The van der Waals surface area contributed by atoms with Crippen LogP contribution in [0.25, 0.3) is 0 Å². The zero-order valence-corrected chi connectivity index (χ0v) is 7.89. The number of hydrogen-bond acceptors (Lipinski definition) is 3. The Morgan fingerprint density at radius 2 is 2.23 bits per heavy atom. The summed E-state index contributed by atoms with van der Waals surface area (Å²) in [6.07, 6.45) is 3.78. The molecule has 0 aromatic heterocycles. The molecule has 0 aromatic rings. The molecule has 1 saturated heterocycles. The molecular formula is C9H10O3S. The van der Waals surface area contributed by atoms with Gasteiger partial charge in [-0.2, -0.15) is 0 Å². The fourth-order valence-corrected chi connectivity index (χ4v) is 2.32. The second-order valence-electron chi connectivity index (χ2n) is 3.52. The van der Waals surface area contributed by atoms with Gasteiger partial charge in [0.05, 0.1) is 5.41 Å². The number of carboxylic acids is 1. The van der Waals surface area contributed by atoms with Crippen molar-refractivity contribution in [1.29, 1.82) is 0 Å². The minimum absolute atomic E-state index is 0.0625. The molecule has 2 aliphatic rings. The number of thioether (sulfide) groups is 1. The summed E-state index contributed by atoms with van der Waals surface area (Å²) in [5.41, 5.74) is 0.0282. The van der Waals surface area contributed by atoms with Gasteiger partial charge in [0.25, 0.3) is 0 Å². The largest absolute Gasteiger partial charge is 0.481 e. The van der Waals surface area contributed by atoms with E-state index in [2.05, 4.69) is 0 Å². The molecule has 0 unspecified atom stereocenters. The summed E-state index contributed by atoms with van der Waals surface area (Å²) in [4.78, 5) is 22.0. The Morgan fingerprint density at radius 3 is 2.62 bits per heavy atom. The van der Waals surface area contributed by atoms with Crippen LogP contribution in [0.1, 0.15) is 19.3 Å². The zero-order chi connectivity index (χ0) is 9.47. The van der Waals surface area contributed by atoms with E-state index < -0.39 is 11.4 Å². The molecule has 1 N–H and O–H groups in total. The molecule has 4 heteroatoms. The normalized spacial score (nSPS) is 28.0. The molecule has 0 spiro atoms. The van der Waals surface area contributed by atoms with E-state index in [0.29, 0.717) is 18.4 Å². The molecular weight excluding hydrogens is 188 g/mol. The smallest absolute Gasteiger partial charge is 0.313 e. The third-order valence-electron chi connectivity index (χ3n) is 2.53. The number of carbonyl (C=O) groups is 2. The van der Waals surface area contributed by atoms with Crippen LogP contribution >= 0.6 is 11.8 Å². The highest BCUT2D eigenvalue weighted by atomic mass is 32.2. The van der Waals surface area contributed by atoms with Gasteiger partial charge in [-0.05, 0) is 19.3 Å². The molecule has 0 atom stereocenters. The summed E-state index contributed by atoms with van der Waals surface area (Å²) in [6.45, 7) is 0. The minimum atomic E-state index is -0.787. The van der Waals surface area contributed by atoms with E-state index >= 15 is 0 Å². The molecule has 0 aromatic carbocycles. The van der Waals surface area contributed by atoms with E-state index in [1.165, 1.54) is 11.8 Å². The van der Waals surface area contributed by atoms with Crippen LogP contribution in [0.2, 0.25) is 0 Å². The maximum absolute atomic E-state index is 11.2. The first-order chi connectivity index (χ1) is 6.14. The highest BCUT2D eigenvalue weighted by Gasteiger charge is 2.49. The maximum atomic E-state index is 11.2. The highest BCUT2D eigenvalue weighted by molar-refractivity contribution is 8.14. The monoisotopic (exact) mass is 198 g/mol. The lowest BCUT2D eigenvalue weighted by Crippen LogP contribution is -2.12. The second-order valence-corrected chi connectivity index (χ2v) is 4.58. The van der Waals surface area contributed by atoms with Crippen molar-refractivity contribution in [3.63, 3.8) is 0 Å². The Bertz CT molecular complexity index is 302. The number of aliphatic carboxylic acids is 1. The molecule has 2 rings (SSSR count). The van der Waals surface area contributed by atoms with Crippen LogP contribution in [0.3, 0.4) is 0 Å². The van der Waals surface area contributed by atoms with Crippen LogP contribution in [-0.4, -0.2) is 21.9 Å². The molecule has 3 nitrogen and oxygen atoms in total. The van der Waals surface area contributed by atoms with Crippen molar-refractivity contribution in [3.05, 3.63) is 11.6 Å². The topological polar surface area (TPSA) is 54.4 Å². The second kappa shape index (κ2) is 2.87. The summed E-state index contributed by atoms with van der Waals surface area (Å²) in [5, 5.41) is 8.95. The van der Waals surface area contributed by atoms with E-state index in [9.17, 15) is 9.59 Å². The van der Waals surface area contributed by atoms with Gasteiger partial charge in [-0.25, -0.2) is 0 Å². The highest BCUT2D eigenvalue weighted by Crippen LogP contribution is 2.49. The Labute approximate surface area is 80.2 Å². The summed E-state index contributed by atoms with van der Waals surface area (Å²) < 4.78 is 0. The maximum Gasteiger partial charge on any atom is 0.313 e. The first kappa shape index (κ1) is 8.81. The molecule has 1 aliphatic carbocycles. The van der Waals surface area contributed by atoms with Crippen molar-refractivity contribution in [1.82, 2.24) is 0 Å². The van der Waals surface area contributed by atoms with Crippen LogP contribution in [0.15, 0.2) is 11.6 Å². The van der Waals surface area contributed by atoms with Crippen LogP contribution in [0, 0.1) is 5.41 Å². The van der Waals surface area contributed by atoms with Gasteiger partial charge in [0.2, 0.25) is 5.12 Å². The number of rotatable bonds is 2. The molecule has 13 heavy (non-hydrogen) atoms. The molecule has 2 fully saturated rings. The third kappa shape index (κ3) is 1.50. The van der Waals surface area contributed by atoms with Gasteiger partial charge in [0, 0.05) is 11.3 Å². The lowest BCUT2D eigenvalue weighted by Gasteiger charge is -2.03. The lowest BCUT2D eigenvalue weighted by molar-refractivity contribution is -0.141. The van der Waals surface area contributed by atoms with Gasteiger partial charge in [-0.1, -0.05) is 17.8 Å². The van der Waals surface area contributed by atoms with Gasteiger partial charge < -0.3 is 5.11 Å². The number of carboxylic acid groups (broad SMARTS) is 1. The molecule has 0 amide bonds. The summed E-state index contributed by atoms with van der Waals surface area (Å²) >= 11 is 1.29. The first-order valence-corrected chi connectivity index (χ1v) is 5.25. The van der Waals surface area contributed by atoms with Crippen molar-refractivity contribution in [2.75, 3.05) is 5.75 Å². The average Bonchev–Trinajstić information content (AvgIpc) is 2.74. The predicted molar refractivity (Wildman–Crippen MR) is 49.5 cm³/mol. The Kier molecular flexibility index (Phi) is 1.95. The van der Waals surface area contributed by atoms with Crippen LogP contribution in [-0.2, 0) is 9.59 Å². The van der Waals surface area contributed by atoms with Crippen LogP contribution in [0.4, 0.5) is 0 Å². The van der Waals surface area contributed by atoms with Crippen molar-refractivity contribution in [3.8, 4) is 0 Å². The fourth-order valence-electron chi connectivity index (χ4n) is 1.47. The third-order valence-corrected chi connectivity index (χ3v) is 3.46. The van der Waals surface area contributed by atoms with E-state index in [1.807, 2.05) is 0 Å². The quantitative estimate of drug-likeness (QED) is 0.682. The van der Waals surface area contributed by atoms with Crippen LogP contribution < -0.4 is 0 Å². The van der Waals surface area contributed by atoms with Crippen molar-refractivity contribution in [2.45, 2.75) is 19.3 Å². The zero-order valence-electron chi connectivity index (χ0n) is 7.08. The van der Waals surface area contributed by atoms with Crippen molar-refractivity contribution in [2.24, 2.45) is 5.41 Å². The van der Waals surface area contributed by atoms with Crippen molar-refractivity contribution < 1.29 is 14.7 Å². The Morgan fingerprint density at radius 1 is 1.54 bits per heavy atom. The molecule has 0 bridgehead atoms. The molecule has 0 radical (unpaired) electrons. The summed E-state index contributed by atoms with van der Waals surface area (Å²) in [5.74, 6) is 0.0186. The van der Waals surface area contributed by atoms with Gasteiger partial charge in [0.15, 0.2) is 0 Å². The Balaban J connectivity index is 2.19. The molecule has 1 heterocycles. The van der Waals surface area contributed by atoms with Gasteiger partial charge in [0.1, 0.15) is 0 Å². The summed E-state index contributed by atoms with van der Waals surface area (Å²) in [6, 6.07) is 0. The van der Waals surface area contributed by atoms with E-state index in [0.717, 1.165) is 12.2 Å². The molecule has 70 valence electrons. The number of hydrogen-bond donors (Lipinski definition) is 1. The first-order valence-electron chi connectivity index (χ1n) is 4.26. The van der Waals surface area contributed by atoms with Crippen molar-refractivity contribution >= 4 is 22.8 Å². The standard InChI is InChI=1S/C9H10O3S/c10-7-6(1-4-13-7)5-9(2-3-9)8(11)12/h5H,1-4H2,(H,11,12). The molecule has 1 saturated carbocycles. The fraction of sp³-hybridized carbons (Fsp3) is 0.556. The Hall–Kier alpha value is -0.770. The van der Waals surface area contributed by atoms with Gasteiger partial charge in [-0.15, -0.1) is 0 Å². The number of carbonyl (C=O) groups excluding carboxylic acids is 1. The lowest BCUT2D eigenvalue weighted by atomic mass is 10.0. The van der Waals surface area contributed by atoms with E-state index in [1.54, 1.807) is 6.08 Å². The summed E-state index contributed by atoms with van der Waals surface area (Å²) in [7, 11) is 0.